The first kappa shape index (κ1) is 20.8. The van der Waals surface area contributed by atoms with Gasteiger partial charge in [-0.25, -0.2) is 4.79 Å². The number of fused-ring (bicyclic) bond motifs is 3. The van der Waals surface area contributed by atoms with Crippen LogP contribution in [-0.4, -0.2) is 71.1 Å². The second kappa shape index (κ2) is 8.11. The quantitative estimate of drug-likeness (QED) is 0.722. The van der Waals surface area contributed by atoms with Crippen molar-refractivity contribution in [1.29, 1.82) is 0 Å². The summed E-state index contributed by atoms with van der Waals surface area (Å²) in [4.78, 5) is 39.7. The number of carboxylic acid groups (broad SMARTS) is 1. The summed E-state index contributed by atoms with van der Waals surface area (Å²) < 4.78 is -0.123. The average molecular weight is 427 g/mol. The Morgan fingerprint density at radius 1 is 1.00 bits per heavy atom. The van der Waals surface area contributed by atoms with E-state index in [1.54, 1.807) is 24.3 Å². The summed E-state index contributed by atoms with van der Waals surface area (Å²) in [5.74, 6) is -0.725. The Balaban J connectivity index is 1.50. The fourth-order valence-corrected chi connectivity index (χ4v) is 6.69. The number of benzene rings is 1. The van der Waals surface area contributed by atoms with Crippen LogP contribution in [0.1, 0.15) is 59.2 Å². The van der Waals surface area contributed by atoms with Gasteiger partial charge in [-0.2, -0.15) is 4.59 Å². The van der Waals surface area contributed by atoms with Crippen LogP contribution >= 0.6 is 0 Å². The van der Waals surface area contributed by atoms with E-state index in [2.05, 4.69) is 10.3 Å². The summed E-state index contributed by atoms with van der Waals surface area (Å²) >= 11 is 0. The first-order valence-electron chi connectivity index (χ1n) is 11.8. The van der Waals surface area contributed by atoms with Crippen molar-refractivity contribution >= 4 is 17.7 Å². The van der Waals surface area contributed by atoms with E-state index >= 15 is 0 Å². The number of nitrogens with zero attached hydrogens (tertiary/aromatic N) is 2. The van der Waals surface area contributed by atoms with E-state index < -0.39 is 17.9 Å². The maximum Gasteiger partial charge on any atom is 0.365 e. The normalized spacial score (nSPS) is 33.0. The largest absolute Gasteiger partial charge is 0.481 e. The highest BCUT2D eigenvalue weighted by atomic mass is 16.4. The van der Waals surface area contributed by atoms with Crippen molar-refractivity contribution in [3.8, 4) is 0 Å². The number of aliphatic carboxylic acids is 1. The Morgan fingerprint density at radius 2 is 1.68 bits per heavy atom. The number of Topliss-reactive ketones (excluding diaryl/α,β-unsaturated/α-hetero) is 1. The Bertz CT molecular complexity index is 889. The summed E-state index contributed by atoms with van der Waals surface area (Å²) in [6, 6.07) is 6.04. The minimum atomic E-state index is -0.965. The van der Waals surface area contributed by atoms with Gasteiger partial charge in [0.2, 0.25) is 5.78 Å². The molecule has 1 aromatic carbocycles. The first-order chi connectivity index (χ1) is 15.0. The second-order valence-electron chi connectivity index (χ2n) is 9.71. The van der Waals surface area contributed by atoms with Crippen LogP contribution in [0.15, 0.2) is 24.3 Å². The molecule has 3 fully saturated rings. The minimum absolute atomic E-state index is 0.107. The third kappa shape index (κ3) is 3.34. The van der Waals surface area contributed by atoms with Crippen molar-refractivity contribution in [2.75, 3.05) is 32.7 Å². The van der Waals surface area contributed by atoms with Crippen molar-refractivity contribution < 1.29 is 24.1 Å². The van der Waals surface area contributed by atoms with Crippen molar-refractivity contribution in [1.82, 2.24) is 10.3 Å². The SMILES string of the molecule is O=C(O)C1CCC[N+]2(N3CCC(C4CCNCC4)CC3)C(=O)c3cccc(c3)C(=O)C12. The molecule has 1 amide bonds. The number of rotatable bonds is 3. The van der Waals surface area contributed by atoms with Crippen LogP contribution in [0.2, 0.25) is 0 Å². The Hall–Kier alpha value is -2.09. The van der Waals surface area contributed by atoms with Gasteiger partial charge < -0.3 is 10.4 Å². The molecule has 31 heavy (non-hydrogen) atoms. The van der Waals surface area contributed by atoms with Gasteiger partial charge in [-0.1, -0.05) is 12.1 Å². The van der Waals surface area contributed by atoms with E-state index in [0.717, 1.165) is 44.9 Å². The van der Waals surface area contributed by atoms with Gasteiger partial charge in [0, 0.05) is 18.7 Å². The third-order valence-corrected chi connectivity index (χ3v) is 8.26. The molecule has 0 radical (unpaired) electrons. The number of hydrogen-bond donors (Lipinski definition) is 2. The molecule has 4 heterocycles. The van der Waals surface area contributed by atoms with Crippen molar-refractivity contribution in [3.63, 3.8) is 0 Å². The highest BCUT2D eigenvalue weighted by molar-refractivity contribution is 6.06. The lowest BCUT2D eigenvalue weighted by molar-refractivity contribution is -0.985. The van der Waals surface area contributed by atoms with Gasteiger partial charge in [0.1, 0.15) is 12.5 Å². The molecule has 5 rings (SSSR count). The topological polar surface area (TPSA) is 86.7 Å². The lowest BCUT2D eigenvalue weighted by Gasteiger charge is -2.52. The molecule has 3 atom stereocenters. The third-order valence-electron chi connectivity index (χ3n) is 8.26. The van der Waals surface area contributed by atoms with E-state index in [9.17, 15) is 19.5 Å². The molecule has 4 aliphatic heterocycles. The van der Waals surface area contributed by atoms with E-state index in [0.29, 0.717) is 36.4 Å². The molecule has 166 valence electrons. The maximum absolute atomic E-state index is 13.9. The number of quaternary nitrogens is 1. The molecule has 7 nitrogen and oxygen atoms in total. The number of carboxylic acids is 1. The Kier molecular flexibility index (Phi) is 5.44. The molecule has 1 aromatic rings. The molecule has 7 heteroatoms. The van der Waals surface area contributed by atoms with Crippen LogP contribution in [0, 0.1) is 17.8 Å². The number of nitrogens with one attached hydrogen (secondary N) is 1. The maximum atomic E-state index is 13.9. The van der Waals surface area contributed by atoms with Gasteiger partial charge in [0.15, 0.2) is 6.04 Å². The van der Waals surface area contributed by atoms with Gasteiger partial charge >= 0.3 is 11.9 Å². The molecular weight excluding hydrogens is 394 g/mol. The number of piperidine rings is 3. The molecule has 3 unspecified atom stereocenters. The van der Waals surface area contributed by atoms with Gasteiger partial charge in [0.05, 0.1) is 5.56 Å². The van der Waals surface area contributed by atoms with Gasteiger partial charge in [0.25, 0.3) is 0 Å². The van der Waals surface area contributed by atoms with Crippen molar-refractivity contribution in [2.45, 2.75) is 44.6 Å². The van der Waals surface area contributed by atoms with E-state index in [-0.39, 0.29) is 16.3 Å². The van der Waals surface area contributed by atoms with E-state index in [1.807, 2.05) is 0 Å². The number of ketones is 1. The number of amides is 1. The molecule has 2 N–H and O–H groups in total. The number of carbonyl (C=O) groups is 3. The van der Waals surface area contributed by atoms with Gasteiger partial charge in [-0.05, 0) is 75.6 Å². The van der Waals surface area contributed by atoms with Crippen LogP contribution in [0.25, 0.3) is 0 Å². The monoisotopic (exact) mass is 426 g/mol. The molecular formula is C24H32N3O4+. The average Bonchev–Trinajstić information content (AvgIpc) is 2.88. The minimum Gasteiger partial charge on any atom is -0.481 e. The number of carbonyl (C=O) groups excluding carboxylic acids is 2. The first-order valence-corrected chi connectivity index (χ1v) is 11.8. The molecule has 0 spiro atoms. The summed E-state index contributed by atoms with van der Waals surface area (Å²) in [6.07, 6.45) is 5.51. The van der Waals surface area contributed by atoms with Crippen LogP contribution in [-0.2, 0) is 4.79 Å². The lowest BCUT2D eigenvalue weighted by atomic mass is 9.79. The Morgan fingerprint density at radius 3 is 2.39 bits per heavy atom. The van der Waals surface area contributed by atoms with Crippen molar-refractivity contribution in [3.05, 3.63) is 35.4 Å². The molecule has 0 saturated carbocycles. The predicted octanol–water partition coefficient (Wildman–Crippen LogP) is 2.33. The number of hydrogen-bond acceptors (Lipinski definition) is 5. The highest BCUT2D eigenvalue weighted by Gasteiger charge is 2.61. The zero-order valence-electron chi connectivity index (χ0n) is 18.0. The zero-order chi connectivity index (χ0) is 21.6. The van der Waals surface area contributed by atoms with Gasteiger partial charge in [-0.3, -0.25) is 9.59 Å². The molecule has 4 aliphatic rings. The molecule has 0 aromatic heterocycles. The summed E-state index contributed by atoms with van der Waals surface area (Å²) in [7, 11) is 0. The predicted molar refractivity (Wildman–Crippen MR) is 114 cm³/mol. The van der Waals surface area contributed by atoms with Crippen LogP contribution in [0.5, 0.6) is 0 Å². The zero-order valence-corrected chi connectivity index (χ0v) is 18.0. The second-order valence-corrected chi connectivity index (χ2v) is 9.71. The lowest BCUT2D eigenvalue weighted by Crippen LogP contribution is -2.75. The molecule has 0 aliphatic carbocycles. The molecule has 3 saturated heterocycles. The summed E-state index contributed by atoms with van der Waals surface area (Å²) in [5.41, 5.74) is 0.994. The van der Waals surface area contributed by atoms with Crippen LogP contribution < -0.4 is 5.32 Å². The summed E-state index contributed by atoms with van der Waals surface area (Å²) in [6.45, 7) is 4.15. The fraction of sp³-hybridized carbons (Fsp3) is 0.625. The smallest absolute Gasteiger partial charge is 0.365 e. The van der Waals surface area contributed by atoms with Gasteiger partial charge in [-0.15, -0.1) is 5.01 Å². The van der Waals surface area contributed by atoms with E-state index in [1.165, 1.54) is 12.8 Å². The van der Waals surface area contributed by atoms with Crippen molar-refractivity contribution in [2.24, 2.45) is 17.8 Å². The van der Waals surface area contributed by atoms with Crippen LogP contribution in [0.3, 0.4) is 0 Å². The molecule has 2 bridgehead atoms. The van der Waals surface area contributed by atoms with Crippen LogP contribution in [0.4, 0.5) is 0 Å². The Labute approximate surface area is 183 Å². The fourth-order valence-electron chi connectivity index (χ4n) is 6.69. The highest BCUT2D eigenvalue weighted by Crippen LogP contribution is 2.42. The standard InChI is InChI=1S/C24H31N3O4/c28-22-18-3-1-4-19(15-18)23(29)27(14-2-5-20(21(22)27)24(30)31)26-12-8-17(9-13-26)16-6-10-25-11-7-16/h1,3-4,15-17,20-21,25H,2,5-14H2/p+1. The van der Waals surface area contributed by atoms with E-state index in [4.69, 9.17) is 0 Å². The summed E-state index contributed by atoms with van der Waals surface area (Å²) in [5, 5.41) is 15.6.